The highest BCUT2D eigenvalue weighted by Crippen LogP contribution is 2.30. The minimum atomic E-state index is -4.52. The minimum absolute atomic E-state index is 0.00974. The summed E-state index contributed by atoms with van der Waals surface area (Å²) in [7, 11) is 0. The lowest BCUT2D eigenvalue weighted by Gasteiger charge is -2.30. The van der Waals surface area contributed by atoms with Gasteiger partial charge < -0.3 is 15.4 Å². The Hall–Kier alpha value is -3.40. The standard InChI is InChI=1S/C24H26F3N3O4/c1-2-34-23(33)17-7-5-11-30(14-17)15-21(31)28-19-9-3-6-16(12-19)22(32)29-20-10-4-8-18(13-20)24(25,26)27/h3-4,6,8-10,12-13,17H,2,5,7,11,14-15H2,1H3,(H,28,31)(H,29,32). The van der Waals surface area contributed by atoms with E-state index in [-0.39, 0.29) is 35.6 Å². The molecule has 34 heavy (non-hydrogen) atoms. The summed E-state index contributed by atoms with van der Waals surface area (Å²) in [6.45, 7) is 3.26. The molecule has 7 nitrogen and oxygen atoms in total. The largest absolute Gasteiger partial charge is 0.466 e. The molecule has 0 bridgehead atoms. The lowest BCUT2D eigenvalue weighted by molar-refractivity contribution is -0.150. The molecular weight excluding hydrogens is 451 g/mol. The van der Waals surface area contributed by atoms with Crippen molar-refractivity contribution in [3.8, 4) is 0 Å². The summed E-state index contributed by atoms with van der Waals surface area (Å²) < 4.78 is 43.7. The molecule has 2 aromatic carbocycles. The summed E-state index contributed by atoms with van der Waals surface area (Å²) in [5.41, 5.74) is -0.305. The van der Waals surface area contributed by atoms with Gasteiger partial charge in [-0.2, -0.15) is 13.2 Å². The lowest BCUT2D eigenvalue weighted by Crippen LogP contribution is -2.43. The number of likely N-dealkylation sites (tertiary alicyclic amines) is 1. The molecule has 2 amide bonds. The second-order valence-corrected chi connectivity index (χ2v) is 7.99. The number of nitrogens with zero attached hydrogens (tertiary/aromatic N) is 1. The molecule has 2 aromatic rings. The Kier molecular flexibility index (Phi) is 8.27. The zero-order valence-corrected chi connectivity index (χ0v) is 18.7. The molecular formula is C24H26F3N3O4. The molecule has 0 saturated carbocycles. The predicted octanol–water partition coefficient (Wildman–Crippen LogP) is 4.17. The van der Waals surface area contributed by atoms with Crippen LogP contribution in [0.15, 0.2) is 48.5 Å². The number of nitrogens with one attached hydrogen (secondary N) is 2. The third-order valence-electron chi connectivity index (χ3n) is 5.35. The molecule has 182 valence electrons. The van der Waals surface area contributed by atoms with Crippen LogP contribution in [-0.4, -0.2) is 48.9 Å². The summed E-state index contributed by atoms with van der Waals surface area (Å²) in [6.07, 6.45) is -3.02. The van der Waals surface area contributed by atoms with Crippen LogP contribution >= 0.6 is 0 Å². The molecule has 0 aromatic heterocycles. The predicted molar refractivity (Wildman–Crippen MR) is 120 cm³/mol. The SMILES string of the molecule is CCOC(=O)C1CCCN(CC(=O)Nc2cccc(C(=O)Nc3cccc(C(F)(F)F)c3)c2)C1. The van der Waals surface area contributed by atoms with Gasteiger partial charge in [-0.1, -0.05) is 12.1 Å². The molecule has 1 heterocycles. The lowest BCUT2D eigenvalue weighted by atomic mass is 9.98. The van der Waals surface area contributed by atoms with Crippen LogP contribution in [0, 0.1) is 5.92 Å². The number of carbonyl (C=O) groups is 3. The molecule has 1 saturated heterocycles. The van der Waals surface area contributed by atoms with Crippen molar-refractivity contribution in [1.82, 2.24) is 4.90 Å². The van der Waals surface area contributed by atoms with E-state index in [0.29, 0.717) is 25.4 Å². The second kappa shape index (κ2) is 11.1. The Balaban J connectivity index is 1.58. The van der Waals surface area contributed by atoms with Gasteiger partial charge in [0.1, 0.15) is 0 Å². The van der Waals surface area contributed by atoms with E-state index in [1.54, 1.807) is 19.1 Å². The maximum absolute atomic E-state index is 12.9. The first kappa shape index (κ1) is 25.2. The van der Waals surface area contributed by atoms with E-state index in [4.69, 9.17) is 4.74 Å². The molecule has 1 fully saturated rings. The third kappa shape index (κ3) is 7.05. The van der Waals surface area contributed by atoms with Crippen LogP contribution in [0.5, 0.6) is 0 Å². The molecule has 0 aliphatic carbocycles. The number of piperidine rings is 1. The molecule has 1 aliphatic heterocycles. The molecule has 1 unspecified atom stereocenters. The van der Waals surface area contributed by atoms with E-state index >= 15 is 0 Å². The van der Waals surface area contributed by atoms with Gasteiger partial charge in [-0.3, -0.25) is 19.3 Å². The van der Waals surface area contributed by atoms with E-state index in [1.165, 1.54) is 24.3 Å². The number of hydrogen-bond donors (Lipinski definition) is 2. The molecule has 0 radical (unpaired) electrons. The van der Waals surface area contributed by atoms with E-state index in [9.17, 15) is 27.6 Å². The number of rotatable bonds is 7. The Labute approximate surface area is 195 Å². The fourth-order valence-corrected chi connectivity index (χ4v) is 3.77. The number of benzene rings is 2. The van der Waals surface area contributed by atoms with Gasteiger partial charge in [-0.25, -0.2) is 0 Å². The Morgan fingerprint density at radius 2 is 1.76 bits per heavy atom. The van der Waals surface area contributed by atoms with Crippen molar-refractivity contribution >= 4 is 29.2 Å². The third-order valence-corrected chi connectivity index (χ3v) is 5.35. The average molecular weight is 477 g/mol. The number of amides is 2. The monoisotopic (exact) mass is 477 g/mol. The molecule has 0 spiro atoms. The van der Waals surface area contributed by atoms with Crippen LogP contribution in [-0.2, 0) is 20.5 Å². The molecule has 1 aliphatic rings. The summed E-state index contributed by atoms with van der Waals surface area (Å²) in [5.74, 6) is -1.43. The first-order valence-electron chi connectivity index (χ1n) is 10.9. The number of anilines is 2. The van der Waals surface area contributed by atoms with E-state index < -0.39 is 17.6 Å². The van der Waals surface area contributed by atoms with Crippen molar-refractivity contribution in [1.29, 1.82) is 0 Å². The quantitative estimate of drug-likeness (QED) is 0.585. The van der Waals surface area contributed by atoms with Gasteiger partial charge in [0.2, 0.25) is 5.91 Å². The Bertz CT molecular complexity index is 1040. The van der Waals surface area contributed by atoms with Crippen LogP contribution < -0.4 is 10.6 Å². The molecule has 2 N–H and O–H groups in total. The number of esters is 1. The highest BCUT2D eigenvalue weighted by Gasteiger charge is 2.30. The van der Waals surface area contributed by atoms with E-state index in [1.807, 2.05) is 4.90 Å². The summed E-state index contributed by atoms with van der Waals surface area (Å²) in [4.78, 5) is 38.9. The Morgan fingerprint density at radius 3 is 2.47 bits per heavy atom. The van der Waals surface area contributed by atoms with Gasteiger partial charge in [-0.15, -0.1) is 0 Å². The zero-order chi connectivity index (χ0) is 24.7. The Morgan fingerprint density at radius 1 is 1.06 bits per heavy atom. The summed E-state index contributed by atoms with van der Waals surface area (Å²) in [5, 5.41) is 5.16. The number of carbonyl (C=O) groups excluding carboxylic acids is 3. The van der Waals surface area contributed by atoms with Gasteiger partial charge >= 0.3 is 12.1 Å². The number of ether oxygens (including phenoxy) is 1. The van der Waals surface area contributed by atoms with Crippen LogP contribution in [0.25, 0.3) is 0 Å². The van der Waals surface area contributed by atoms with Crippen molar-refractivity contribution in [2.24, 2.45) is 5.92 Å². The average Bonchev–Trinajstić information content (AvgIpc) is 2.79. The minimum Gasteiger partial charge on any atom is -0.466 e. The van der Waals surface area contributed by atoms with Crippen molar-refractivity contribution < 1.29 is 32.3 Å². The van der Waals surface area contributed by atoms with Crippen molar-refractivity contribution in [2.45, 2.75) is 25.9 Å². The fourth-order valence-electron chi connectivity index (χ4n) is 3.77. The number of halogens is 3. The van der Waals surface area contributed by atoms with Gasteiger partial charge in [0, 0.05) is 23.5 Å². The molecule has 1 atom stereocenters. The van der Waals surface area contributed by atoms with Gasteiger partial charge in [-0.05, 0) is 62.7 Å². The van der Waals surface area contributed by atoms with Crippen molar-refractivity contribution in [3.05, 3.63) is 59.7 Å². The number of hydrogen-bond acceptors (Lipinski definition) is 5. The molecule has 3 rings (SSSR count). The van der Waals surface area contributed by atoms with Gasteiger partial charge in [0.25, 0.3) is 5.91 Å². The van der Waals surface area contributed by atoms with Gasteiger partial charge in [0.05, 0.1) is 24.6 Å². The van der Waals surface area contributed by atoms with Crippen LogP contribution in [0.1, 0.15) is 35.7 Å². The molecule has 10 heteroatoms. The van der Waals surface area contributed by atoms with Crippen LogP contribution in [0.4, 0.5) is 24.5 Å². The second-order valence-electron chi connectivity index (χ2n) is 7.99. The van der Waals surface area contributed by atoms with Crippen molar-refractivity contribution in [2.75, 3.05) is 36.9 Å². The van der Waals surface area contributed by atoms with Crippen molar-refractivity contribution in [3.63, 3.8) is 0 Å². The van der Waals surface area contributed by atoms with E-state index in [2.05, 4.69) is 10.6 Å². The van der Waals surface area contributed by atoms with Crippen LogP contribution in [0.3, 0.4) is 0 Å². The van der Waals surface area contributed by atoms with Gasteiger partial charge in [0.15, 0.2) is 0 Å². The summed E-state index contributed by atoms with van der Waals surface area (Å²) >= 11 is 0. The smallest absolute Gasteiger partial charge is 0.416 e. The highest BCUT2D eigenvalue weighted by atomic mass is 19.4. The number of alkyl halides is 3. The fraction of sp³-hybridized carbons (Fsp3) is 0.375. The van der Waals surface area contributed by atoms with Crippen LogP contribution in [0.2, 0.25) is 0 Å². The maximum Gasteiger partial charge on any atom is 0.416 e. The van der Waals surface area contributed by atoms with E-state index in [0.717, 1.165) is 25.0 Å². The normalized spacial score (nSPS) is 16.5. The first-order valence-corrected chi connectivity index (χ1v) is 10.9. The summed E-state index contributed by atoms with van der Waals surface area (Å²) in [6, 6.07) is 10.5. The maximum atomic E-state index is 12.9. The first-order chi connectivity index (χ1) is 16.2. The zero-order valence-electron chi connectivity index (χ0n) is 18.7. The highest BCUT2D eigenvalue weighted by molar-refractivity contribution is 6.05. The topological polar surface area (TPSA) is 87.7 Å².